The number of carboxylic acid groups (broad SMARTS) is 1. The highest BCUT2D eigenvalue weighted by atomic mass is 32.2. The number of urea groups is 1. The third kappa shape index (κ3) is 9.36. The van der Waals surface area contributed by atoms with Gasteiger partial charge in [-0.15, -0.1) is 0 Å². The van der Waals surface area contributed by atoms with Gasteiger partial charge >= 0.3 is 12.0 Å². The first kappa shape index (κ1) is 14.1. The molecule has 0 bridgehead atoms. The van der Waals surface area contributed by atoms with Crippen molar-refractivity contribution < 1.29 is 19.5 Å². The molecule has 0 saturated carbocycles. The zero-order chi connectivity index (χ0) is 11.7. The molecular formula is C8H16N2O4S. The van der Waals surface area contributed by atoms with Crippen molar-refractivity contribution >= 4 is 23.8 Å². The van der Waals surface area contributed by atoms with E-state index < -0.39 is 18.6 Å². The van der Waals surface area contributed by atoms with E-state index in [4.69, 9.17) is 5.11 Å². The molecule has 3 N–H and O–H groups in total. The maximum absolute atomic E-state index is 10.9. The zero-order valence-electron chi connectivity index (χ0n) is 8.78. The molecule has 0 radical (unpaired) electrons. The molecule has 7 heteroatoms. The van der Waals surface area contributed by atoms with Crippen molar-refractivity contribution in [2.24, 2.45) is 0 Å². The topological polar surface area (TPSA) is 87.7 Å². The van der Waals surface area contributed by atoms with E-state index in [1.807, 2.05) is 11.7 Å². The summed E-state index contributed by atoms with van der Waals surface area (Å²) in [6.45, 7) is 2.05. The molecule has 1 atom stereocenters. The van der Waals surface area contributed by atoms with Crippen LogP contribution in [0.2, 0.25) is 0 Å². The Kier molecular flexibility index (Phi) is 7.84. The maximum Gasteiger partial charge on any atom is 0.338 e. The van der Waals surface area contributed by atoms with Gasteiger partial charge < -0.3 is 10.4 Å². The van der Waals surface area contributed by atoms with Gasteiger partial charge in [0, 0.05) is 11.8 Å². The fourth-order valence-electron chi connectivity index (χ4n) is 0.706. The Morgan fingerprint density at radius 3 is 2.73 bits per heavy atom. The third-order valence-electron chi connectivity index (χ3n) is 1.60. The smallest absolute Gasteiger partial charge is 0.338 e. The minimum atomic E-state index is -1.13. The van der Waals surface area contributed by atoms with E-state index in [0.29, 0.717) is 11.8 Å². The van der Waals surface area contributed by atoms with Gasteiger partial charge in [0.25, 0.3) is 0 Å². The van der Waals surface area contributed by atoms with Crippen molar-refractivity contribution in [3.8, 4) is 0 Å². The van der Waals surface area contributed by atoms with Crippen LogP contribution in [0.5, 0.6) is 0 Å². The van der Waals surface area contributed by atoms with E-state index in [-0.39, 0.29) is 0 Å². The van der Waals surface area contributed by atoms with Crippen LogP contribution in [0.15, 0.2) is 0 Å². The van der Waals surface area contributed by atoms with Crippen LogP contribution in [-0.4, -0.2) is 41.8 Å². The van der Waals surface area contributed by atoms with Crippen LogP contribution in [-0.2, 0) is 9.63 Å². The molecule has 0 saturated heterocycles. The van der Waals surface area contributed by atoms with Gasteiger partial charge in [-0.3, -0.25) is 4.84 Å². The largest absolute Gasteiger partial charge is 0.479 e. The lowest BCUT2D eigenvalue weighted by Gasteiger charge is -2.09. The molecule has 0 aliphatic rings. The fourth-order valence-corrected chi connectivity index (χ4v) is 1.06. The normalized spacial score (nSPS) is 11.9. The Hall–Kier alpha value is -0.950. The molecular weight excluding hydrogens is 220 g/mol. The number of carbonyl (C=O) groups excluding carboxylic acids is 1. The zero-order valence-corrected chi connectivity index (χ0v) is 9.60. The van der Waals surface area contributed by atoms with Gasteiger partial charge in [-0.1, -0.05) is 6.92 Å². The number of carbonyl (C=O) groups is 2. The number of hydrogen-bond acceptors (Lipinski definition) is 4. The van der Waals surface area contributed by atoms with Crippen LogP contribution in [0.25, 0.3) is 0 Å². The van der Waals surface area contributed by atoms with Gasteiger partial charge in [-0.25, -0.2) is 15.1 Å². The van der Waals surface area contributed by atoms with E-state index in [9.17, 15) is 9.59 Å². The van der Waals surface area contributed by atoms with Crippen LogP contribution in [0, 0.1) is 0 Å². The van der Waals surface area contributed by atoms with Crippen LogP contribution in [0.3, 0.4) is 0 Å². The number of carboxylic acids is 1. The van der Waals surface area contributed by atoms with E-state index in [2.05, 4.69) is 17.1 Å². The SMILES string of the molecule is CSC(C)CCNC(=O)NOCC(=O)O. The van der Waals surface area contributed by atoms with Gasteiger partial charge in [0.1, 0.15) is 0 Å². The van der Waals surface area contributed by atoms with Gasteiger partial charge in [0.2, 0.25) is 0 Å². The molecule has 0 aromatic heterocycles. The first-order valence-corrected chi connectivity index (χ1v) is 5.75. The molecule has 88 valence electrons. The van der Waals surface area contributed by atoms with Gasteiger partial charge in [-0.05, 0) is 12.7 Å². The summed E-state index contributed by atoms with van der Waals surface area (Å²) in [6.07, 6.45) is 2.86. The molecule has 0 aromatic carbocycles. The fraction of sp³-hybridized carbons (Fsp3) is 0.750. The van der Waals surface area contributed by atoms with Crippen LogP contribution in [0.1, 0.15) is 13.3 Å². The Morgan fingerprint density at radius 1 is 1.53 bits per heavy atom. The molecule has 2 amide bonds. The monoisotopic (exact) mass is 236 g/mol. The third-order valence-corrected chi connectivity index (χ3v) is 2.64. The maximum atomic E-state index is 10.9. The second-order valence-corrected chi connectivity index (χ2v) is 4.15. The van der Waals surface area contributed by atoms with Crippen molar-refractivity contribution in [3.63, 3.8) is 0 Å². The van der Waals surface area contributed by atoms with Gasteiger partial charge in [0.05, 0.1) is 0 Å². The predicted octanol–water partition coefficient (Wildman–Crippen LogP) is 0.443. The van der Waals surface area contributed by atoms with Gasteiger partial charge in [-0.2, -0.15) is 11.8 Å². The number of rotatable bonds is 7. The van der Waals surface area contributed by atoms with Crippen molar-refractivity contribution in [3.05, 3.63) is 0 Å². The molecule has 6 nitrogen and oxygen atoms in total. The summed E-state index contributed by atoms with van der Waals surface area (Å²) in [5.41, 5.74) is 1.97. The average molecular weight is 236 g/mol. The van der Waals surface area contributed by atoms with Crippen molar-refractivity contribution in [1.29, 1.82) is 0 Å². The van der Waals surface area contributed by atoms with Crippen molar-refractivity contribution in [1.82, 2.24) is 10.8 Å². The van der Waals surface area contributed by atoms with E-state index >= 15 is 0 Å². The minimum Gasteiger partial charge on any atom is -0.479 e. The summed E-state index contributed by atoms with van der Waals surface area (Å²) in [5, 5.41) is 11.2. The highest BCUT2D eigenvalue weighted by molar-refractivity contribution is 7.99. The number of hydroxylamine groups is 1. The van der Waals surface area contributed by atoms with E-state index in [1.54, 1.807) is 11.8 Å². The number of nitrogens with one attached hydrogen (secondary N) is 2. The first-order valence-electron chi connectivity index (χ1n) is 4.46. The molecule has 0 fully saturated rings. The highest BCUT2D eigenvalue weighted by Gasteiger charge is 2.03. The molecule has 1 unspecified atom stereocenters. The van der Waals surface area contributed by atoms with Crippen molar-refractivity contribution in [2.75, 3.05) is 19.4 Å². The Labute approximate surface area is 92.7 Å². The second kappa shape index (κ2) is 8.37. The summed E-state index contributed by atoms with van der Waals surface area (Å²) in [6, 6.07) is -0.524. The molecule has 0 aliphatic carbocycles. The highest BCUT2D eigenvalue weighted by Crippen LogP contribution is 2.07. The van der Waals surface area contributed by atoms with Crippen LogP contribution < -0.4 is 10.8 Å². The molecule has 15 heavy (non-hydrogen) atoms. The summed E-state index contributed by atoms with van der Waals surface area (Å²) < 4.78 is 0. The lowest BCUT2D eigenvalue weighted by atomic mass is 10.3. The second-order valence-electron chi connectivity index (χ2n) is 2.88. The molecule has 0 spiro atoms. The lowest BCUT2D eigenvalue weighted by molar-refractivity contribution is -0.144. The summed E-state index contributed by atoms with van der Waals surface area (Å²) in [5.74, 6) is -1.13. The Morgan fingerprint density at radius 2 is 2.20 bits per heavy atom. The number of hydrogen-bond donors (Lipinski definition) is 3. The predicted molar refractivity (Wildman–Crippen MR) is 57.7 cm³/mol. The number of aliphatic carboxylic acids is 1. The summed E-state index contributed by atoms with van der Waals surface area (Å²) in [7, 11) is 0. The quantitative estimate of drug-likeness (QED) is 0.558. The molecule has 0 aromatic rings. The average Bonchev–Trinajstić information content (AvgIpc) is 2.17. The van der Waals surface area contributed by atoms with E-state index in [0.717, 1.165) is 6.42 Å². The minimum absolute atomic E-state index is 0.477. The molecule has 0 heterocycles. The first-order chi connectivity index (χ1) is 7.06. The van der Waals surface area contributed by atoms with E-state index in [1.165, 1.54) is 0 Å². The summed E-state index contributed by atoms with van der Waals surface area (Å²) >= 11 is 1.72. The van der Waals surface area contributed by atoms with Gasteiger partial charge in [0.15, 0.2) is 6.61 Å². The lowest BCUT2D eigenvalue weighted by Crippen LogP contribution is -2.37. The summed E-state index contributed by atoms with van der Waals surface area (Å²) in [4.78, 5) is 25.3. The van der Waals surface area contributed by atoms with Crippen LogP contribution >= 0.6 is 11.8 Å². The molecule has 0 aliphatic heterocycles. The Balaban J connectivity index is 3.37. The number of amides is 2. The van der Waals surface area contributed by atoms with Crippen molar-refractivity contribution in [2.45, 2.75) is 18.6 Å². The molecule has 0 rings (SSSR count). The Bertz CT molecular complexity index is 213. The van der Waals surface area contributed by atoms with Crippen LogP contribution in [0.4, 0.5) is 4.79 Å². The standard InChI is InChI=1S/C8H16N2O4S/c1-6(15-2)3-4-9-8(13)10-14-5-7(11)12/h6H,3-5H2,1-2H3,(H,11,12)(H2,9,10,13). The number of thioether (sulfide) groups is 1.